The predicted molar refractivity (Wildman–Crippen MR) is 108 cm³/mol. The van der Waals surface area contributed by atoms with E-state index in [1.54, 1.807) is 24.3 Å². The quantitative estimate of drug-likeness (QED) is 0.770. The molecule has 1 aliphatic heterocycles. The van der Waals surface area contributed by atoms with Crippen LogP contribution >= 0.6 is 0 Å². The fourth-order valence-corrected chi connectivity index (χ4v) is 3.83. The number of ether oxygens (including phenoxy) is 3. The molecule has 152 valence electrons. The normalized spacial score (nSPS) is 16.5. The van der Waals surface area contributed by atoms with Crippen molar-refractivity contribution < 1.29 is 23.8 Å². The summed E-state index contributed by atoms with van der Waals surface area (Å²) in [5.74, 6) is -0.130. The molecular weight excluding hydrogens is 370 g/mol. The Kier molecular flexibility index (Phi) is 5.18. The van der Waals surface area contributed by atoms with Crippen molar-refractivity contribution in [3.05, 3.63) is 53.1 Å². The monoisotopic (exact) mass is 395 g/mol. The van der Waals surface area contributed by atoms with Crippen LogP contribution in [0.25, 0.3) is 0 Å². The SMILES string of the molecule is Cc1ccc(C)c(C(=O)OCC(=O)Nc2ccc3c(c2)OC2(CCCCC2)O3)c1. The highest BCUT2D eigenvalue weighted by atomic mass is 16.7. The summed E-state index contributed by atoms with van der Waals surface area (Å²) in [5, 5.41) is 2.74. The van der Waals surface area contributed by atoms with E-state index in [-0.39, 0.29) is 6.61 Å². The molecule has 1 heterocycles. The first-order chi connectivity index (χ1) is 13.9. The zero-order chi connectivity index (χ0) is 20.4. The number of hydrogen-bond acceptors (Lipinski definition) is 5. The van der Waals surface area contributed by atoms with Gasteiger partial charge < -0.3 is 19.5 Å². The lowest BCUT2D eigenvalue weighted by Crippen LogP contribution is -2.40. The molecule has 6 heteroatoms. The summed E-state index contributed by atoms with van der Waals surface area (Å²) in [4.78, 5) is 24.5. The molecule has 29 heavy (non-hydrogen) atoms. The lowest BCUT2D eigenvalue weighted by atomic mass is 9.94. The highest BCUT2D eigenvalue weighted by Gasteiger charge is 2.42. The summed E-state index contributed by atoms with van der Waals surface area (Å²) in [6, 6.07) is 10.9. The maximum absolute atomic E-state index is 12.3. The first kappa shape index (κ1) is 19.3. The number of amides is 1. The minimum atomic E-state index is -0.551. The van der Waals surface area contributed by atoms with Gasteiger partial charge in [0.15, 0.2) is 18.1 Å². The lowest BCUT2D eigenvalue weighted by molar-refractivity contribution is -0.119. The molecule has 1 N–H and O–H groups in total. The van der Waals surface area contributed by atoms with Gasteiger partial charge in [-0.25, -0.2) is 4.79 Å². The molecule has 0 bridgehead atoms. The van der Waals surface area contributed by atoms with Gasteiger partial charge in [0.2, 0.25) is 0 Å². The van der Waals surface area contributed by atoms with E-state index in [4.69, 9.17) is 14.2 Å². The average Bonchev–Trinajstić information content (AvgIpc) is 3.05. The number of rotatable bonds is 4. The van der Waals surface area contributed by atoms with E-state index in [2.05, 4.69) is 5.32 Å². The van der Waals surface area contributed by atoms with E-state index in [1.807, 2.05) is 26.0 Å². The predicted octanol–water partition coefficient (Wildman–Crippen LogP) is 4.53. The average molecular weight is 395 g/mol. The van der Waals surface area contributed by atoms with Gasteiger partial charge in [0, 0.05) is 24.6 Å². The highest BCUT2D eigenvalue weighted by molar-refractivity contribution is 5.96. The molecule has 1 amide bonds. The second kappa shape index (κ2) is 7.78. The molecule has 0 unspecified atom stereocenters. The molecule has 6 nitrogen and oxygen atoms in total. The number of aryl methyl sites for hydroxylation is 2. The fraction of sp³-hybridized carbons (Fsp3) is 0.391. The van der Waals surface area contributed by atoms with Crippen LogP contribution in [0.3, 0.4) is 0 Å². The Morgan fingerprint density at radius 2 is 1.76 bits per heavy atom. The maximum atomic E-state index is 12.3. The van der Waals surface area contributed by atoms with E-state index < -0.39 is 17.7 Å². The van der Waals surface area contributed by atoms with Crippen molar-refractivity contribution in [2.75, 3.05) is 11.9 Å². The number of esters is 1. The van der Waals surface area contributed by atoms with Crippen molar-refractivity contribution in [1.29, 1.82) is 0 Å². The molecule has 4 rings (SSSR count). The third kappa shape index (κ3) is 4.21. The van der Waals surface area contributed by atoms with Gasteiger partial charge >= 0.3 is 5.97 Å². The molecule has 0 atom stereocenters. The topological polar surface area (TPSA) is 73.9 Å². The summed E-state index contributed by atoms with van der Waals surface area (Å²) in [5.41, 5.74) is 2.82. The first-order valence-electron chi connectivity index (χ1n) is 10.0. The Balaban J connectivity index is 1.34. The van der Waals surface area contributed by atoms with Crippen LogP contribution in [0.2, 0.25) is 0 Å². The van der Waals surface area contributed by atoms with Gasteiger partial charge in [0.05, 0.1) is 5.56 Å². The van der Waals surface area contributed by atoms with E-state index in [1.165, 1.54) is 6.42 Å². The van der Waals surface area contributed by atoms with Crippen molar-refractivity contribution in [1.82, 2.24) is 0 Å². The van der Waals surface area contributed by atoms with E-state index in [0.717, 1.165) is 36.8 Å². The molecule has 1 aliphatic carbocycles. The Morgan fingerprint density at radius 1 is 1.00 bits per heavy atom. The van der Waals surface area contributed by atoms with Gasteiger partial charge in [-0.15, -0.1) is 0 Å². The third-order valence-electron chi connectivity index (χ3n) is 5.38. The third-order valence-corrected chi connectivity index (χ3v) is 5.38. The van der Waals surface area contributed by atoms with Crippen LogP contribution < -0.4 is 14.8 Å². The van der Waals surface area contributed by atoms with Gasteiger partial charge in [0.1, 0.15) is 0 Å². The van der Waals surface area contributed by atoms with Gasteiger partial charge in [-0.3, -0.25) is 4.79 Å². The highest BCUT2D eigenvalue weighted by Crippen LogP contribution is 2.46. The molecule has 0 aromatic heterocycles. The van der Waals surface area contributed by atoms with Crippen LogP contribution in [0.1, 0.15) is 53.6 Å². The number of carbonyl (C=O) groups is 2. The van der Waals surface area contributed by atoms with Crippen LogP contribution in [-0.4, -0.2) is 24.3 Å². The Hall–Kier alpha value is -3.02. The summed E-state index contributed by atoms with van der Waals surface area (Å²) in [6.45, 7) is 3.38. The zero-order valence-corrected chi connectivity index (χ0v) is 16.7. The molecular formula is C23H25NO5. The Bertz CT molecular complexity index is 946. The van der Waals surface area contributed by atoms with Crippen LogP contribution in [0.5, 0.6) is 11.5 Å². The minimum Gasteiger partial charge on any atom is -0.452 e. The minimum absolute atomic E-state index is 0.357. The van der Waals surface area contributed by atoms with Crippen molar-refractivity contribution >= 4 is 17.6 Å². The molecule has 1 fully saturated rings. The maximum Gasteiger partial charge on any atom is 0.338 e. The Morgan fingerprint density at radius 3 is 2.55 bits per heavy atom. The van der Waals surface area contributed by atoms with Gasteiger partial charge in [-0.05, 0) is 50.5 Å². The molecule has 2 aromatic rings. The number of carbonyl (C=O) groups excluding carboxylic acids is 2. The van der Waals surface area contributed by atoms with Crippen molar-refractivity contribution in [3.63, 3.8) is 0 Å². The second-order valence-corrected chi connectivity index (χ2v) is 7.78. The van der Waals surface area contributed by atoms with E-state index in [0.29, 0.717) is 22.7 Å². The number of nitrogens with one attached hydrogen (secondary N) is 1. The standard InChI is InChI=1S/C23H25NO5/c1-15-6-7-16(2)18(12-15)22(26)27-14-21(25)24-17-8-9-19-20(13-17)29-23(28-19)10-4-3-5-11-23/h6-9,12-13H,3-5,10-11,14H2,1-2H3,(H,24,25). The van der Waals surface area contributed by atoms with E-state index >= 15 is 0 Å². The number of anilines is 1. The van der Waals surface area contributed by atoms with Crippen molar-refractivity contribution in [2.45, 2.75) is 51.7 Å². The Labute approximate surface area is 170 Å². The van der Waals surface area contributed by atoms with Gasteiger partial charge in [0.25, 0.3) is 11.7 Å². The molecule has 2 aromatic carbocycles. The van der Waals surface area contributed by atoms with Gasteiger partial charge in [-0.1, -0.05) is 24.1 Å². The van der Waals surface area contributed by atoms with Crippen LogP contribution in [0.4, 0.5) is 5.69 Å². The molecule has 2 aliphatic rings. The molecule has 1 saturated carbocycles. The summed E-state index contributed by atoms with van der Waals surface area (Å²) < 4.78 is 17.3. The van der Waals surface area contributed by atoms with Crippen LogP contribution in [-0.2, 0) is 9.53 Å². The fourth-order valence-electron chi connectivity index (χ4n) is 3.83. The summed E-state index contributed by atoms with van der Waals surface area (Å²) in [6.07, 6.45) is 5.12. The number of benzene rings is 2. The lowest BCUT2D eigenvalue weighted by Gasteiger charge is -2.31. The largest absolute Gasteiger partial charge is 0.452 e. The smallest absolute Gasteiger partial charge is 0.338 e. The summed E-state index contributed by atoms with van der Waals surface area (Å²) in [7, 11) is 0. The van der Waals surface area contributed by atoms with Crippen molar-refractivity contribution in [2.24, 2.45) is 0 Å². The zero-order valence-electron chi connectivity index (χ0n) is 16.7. The van der Waals surface area contributed by atoms with Crippen LogP contribution in [0.15, 0.2) is 36.4 Å². The molecule has 1 spiro atoms. The molecule has 0 saturated heterocycles. The van der Waals surface area contributed by atoms with Crippen molar-refractivity contribution in [3.8, 4) is 11.5 Å². The number of hydrogen-bond donors (Lipinski definition) is 1. The second-order valence-electron chi connectivity index (χ2n) is 7.78. The van der Waals surface area contributed by atoms with E-state index in [9.17, 15) is 9.59 Å². The summed E-state index contributed by atoms with van der Waals surface area (Å²) >= 11 is 0. The molecule has 0 radical (unpaired) electrons. The van der Waals surface area contributed by atoms with Crippen LogP contribution in [0, 0.1) is 13.8 Å². The first-order valence-corrected chi connectivity index (χ1v) is 10.0. The van der Waals surface area contributed by atoms with Gasteiger partial charge in [-0.2, -0.15) is 0 Å². The number of fused-ring (bicyclic) bond motifs is 1.